The topological polar surface area (TPSA) is 40.5 Å². The predicted molar refractivity (Wildman–Crippen MR) is 37.8 cm³/mol. The number of aliphatic carboxylic acids is 1. The van der Waals surface area contributed by atoms with E-state index in [1.807, 2.05) is 11.9 Å². The van der Waals surface area contributed by atoms with E-state index in [9.17, 15) is 4.79 Å². The monoisotopic (exact) mass is 143 g/mol. The smallest absolute Gasteiger partial charge is 0.320 e. The summed E-state index contributed by atoms with van der Waals surface area (Å²) in [4.78, 5) is 12.4. The molecule has 1 aliphatic heterocycles. The Hall–Kier alpha value is -0.570. The number of hydrogen-bond donors (Lipinski definition) is 1. The Labute approximate surface area is 60.6 Å². The fourth-order valence-corrected chi connectivity index (χ4v) is 1.54. The zero-order valence-electron chi connectivity index (χ0n) is 6.37. The first kappa shape index (κ1) is 7.54. The van der Waals surface area contributed by atoms with Gasteiger partial charge in [0.15, 0.2) is 0 Å². The van der Waals surface area contributed by atoms with Gasteiger partial charge in [0.1, 0.15) is 6.04 Å². The van der Waals surface area contributed by atoms with Gasteiger partial charge in [-0.15, -0.1) is 0 Å². The first-order valence-corrected chi connectivity index (χ1v) is 3.54. The van der Waals surface area contributed by atoms with Crippen molar-refractivity contribution in [1.29, 1.82) is 0 Å². The first-order valence-electron chi connectivity index (χ1n) is 3.54. The second kappa shape index (κ2) is 2.58. The van der Waals surface area contributed by atoms with E-state index in [1.165, 1.54) is 0 Å². The van der Waals surface area contributed by atoms with Crippen LogP contribution in [0.15, 0.2) is 0 Å². The average molecular weight is 143 g/mol. The van der Waals surface area contributed by atoms with Crippen molar-refractivity contribution in [3.8, 4) is 0 Å². The van der Waals surface area contributed by atoms with E-state index in [1.54, 1.807) is 0 Å². The van der Waals surface area contributed by atoms with Crippen LogP contribution in [0.5, 0.6) is 0 Å². The molecule has 1 N–H and O–H groups in total. The summed E-state index contributed by atoms with van der Waals surface area (Å²) >= 11 is 0. The largest absolute Gasteiger partial charge is 0.480 e. The van der Waals surface area contributed by atoms with Crippen LogP contribution in [-0.4, -0.2) is 35.6 Å². The summed E-state index contributed by atoms with van der Waals surface area (Å²) in [5.74, 6) is -0.155. The highest BCUT2D eigenvalue weighted by atomic mass is 16.4. The maximum absolute atomic E-state index is 10.5. The van der Waals surface area contributed by atoms with Crippen LogP contribution >= 0.6 is 0 Å². The van der Waals surface area contributed by atoms with Crippen molar-refractivity contribution in [2.45, 2.75) is 19.4 Å². The summed E-state index contributed by atoms with van der Waals surface area (Å²) < 4.78 is 0. The number of nitrogens with zero attached hydrogens (tertiary/aromatic N) is 1. The van der Waals surface area contributed by atoms with Crippen molar-refractivity contribution in [3.05, 3.63) is 0 Å². The lowest BCUT2D eigenvalue weighted by molar-refractivity contribution is -0.141. The summed E-state index contributed by atoms with van der Waals surface area (Å²) in [6.45, 7) is 3.00. The molecule has 1 heterocycles. The standard InChI is InChI=1S/C7H13NO2/c1-5-3-6(7(9)10)8(2)4-5/h5-6H,3-4H2,1-2H3,(H,9,10)/t5-,6-/m1/s1. The van der Waals surface area contributed by atoms with Crippen LogP contribution in [0.3, 0.4) is 0 Å². The van der Waals surface area contributed by atoms with Crippen LogP contribution in [0.2, 0.25) is 0 Å². The number of rotatable bonds is 1. The van der Waals surface area contributed by atoms with Gasteiger partial charge in [0, 0.05) is 6.54 Å². The lowest BCUT2D eigenvalue weighted by atomic mass is 10.1. The molecule has 0 unspecified atom stereocenters. The van der Waals surface area contributed by atoms with E-state index in [0.717, 1.165) is 13.0 Å². The molecule has 58 valence electrons. The molecule has 0 bridgehead atoms. The SMILES string of the molecule is C[C@@H]1C[C@H](C(=O)O)N(C)C1. The van der Waals surface area contributed by atoms with E-state index in [4.69, 9.17) is 5.11 Å². The third-order valence-corrected chi connectivity index (χ3v) is 2.04. The summed E-state index contributed by atoms with van der Waals surface area (Å²) in [7, 11) is 1.86. The van der Waals surface area contributed by atoms with Gasteiger partial charge in [-0.05, 0) is 19.4 Å². The maximum atomic E-state index is 10.5. The lowest BCUT2D eigenvalue weighted by Gasteiger charge is -2.13. The van der Waals surface area contributed by atoms with Gasteiger partial charge in [0.05, 0.1) is 0 Å². The first-order chi connectivity index (χ1) is 4.61. The maximum Gasteiger partial charge on any atom is 0.320 e. The second-order valence-corrected chi connectivity index (χ2v) is 3.13. The number of likely N-dealkylation sites (N-methyl/N-ethyl adjacent to an activating group) is 1. The number of carboxylic acid groups (broad SMARTS) is 1. The molecule has 3 nitrogen and oxygen atoms in total. The zero-order chi connectivity index (χ0) is 7.72. The van der Waals surface area contributed by atoms with E-state index in [2.05, 4.69) is 6.92 Å². The summed E-state index contributed by atoms with van der Waals surface area (Å²) in [6, 6.07) is -0.241. The van der Waals surface area contributed by atoms with E-state index >= 15 is 0 Å². The van der Waals surface area contributed by atoms with Gasteiger partial charge in [-0.2, -0.15) is 0 Å². The minimum Gasteiger partial charge on any atom is -0.480 e. The van der Waals surface area contributed by atoms with Crippen molar-refractivity contribution in [1.82, 2.24) is 4.90 Å². The zero-order valence-corrected chi connectivity index (χ0v) is 6.37. The normalized spacial score (nSPS) is 34.6. The molecule has 1 fully saturated rings. The molecule has 1 rings (SSSR count). The molecule has 0 aromatic rings. The van der Waals surface area contributed by atoms with Gasteiger partial charge in [-0.1, -0.05) is 6.92 Å². The molecule has 0 aliphatic carbocycles. The predicted octanol–water partition coefficient (Wildman–Crippen LogP) is 0.411. The van der Waals surface area contributed by atoms with Crippen LogP contribution in [0.25, 0.3) is 0 Å². The minimum absolute atomic E-state index is 0.241. The van der Waals surface area contributed by atoms with Crippen LogP contribution in [-0.2, 0) is 4.79 Å². The van der Waals surface area contributed by atoms with Crippen LogP contribution in [0, 0.1) is 5.92 Å². The molecule has 2 atom stereocenters. The number of carbonyl (C=O) groups is 1. The van der Waals surface area contributed by atoms with Gasteiger partial charge in [-0.25, -0.2) is 0 Å². The Kier molecular flexibility index (Phi) is 1.94. The summed E-state index contributed by atoms with van der Waals surface area (Å²) in [5.41, 5.74) is 0. The molecular formula is C7H13NO2. The number of hydrogen-bond acceptors (Lipinski definition) is 2. The molecule has 0 aromatic carbocycles. The number of carboxylic acids is 1. The third-order valence-electron chi connectivity index (χ3n) is 2.04. The highest BCUT2D eigenvalue weighted by molar-refractivity contribution is 5.73. The Morgan fingerprint density at radius 3 is 2.50 bits per heavy atom. The summed E-state index contributed by atoms with van der Waals surface area (Å²) in [6.07, 6.45) is 0.797. The molecule has 0 amide bonds. The van der Waals surface area contributed by atoms with Gasteiger partial charge >= 0.3 is 5.97 Å². The average Bonchev–Trinajstić information content (AvgIpc) is 2.10. The van der Waals surface area contributed by atoms with Crippen LogP contribution in [0.4, 0.5) is 0 Å². The summed E-state index contributed by atoms with van der Waals surface area (Å²) in [5, 5.41) is 8.66. The van der Waals surface area contributed by atoms with E-state index in [0.29, 0.717) is 5.92 Å². The van der Waals surface area contributed by atoms with Crippen molar-refractivity contribution >= 4 is 5.97 Å². The Morgan fingerprint density at radius 1 is 1.70 bits per heavy atom. The van der Waals surface area contributed by atoms with Gasteiger partial charge in [-0.3, -0.25) is 9.69 Å². The molecule has 0 spiro atoms. The lowest BCUT2D eigenvalue weighted by Crippen LogP contribution is -2.32. The quantitative estimate of drug-likeness (QED) is 0.578. The van der Waals surface area contributed by atoms with Gasteiger partial charge in [0.2, 0.25) is 0 Å². The highest BCUT2D eigenvalue weighted by Crippen LogP contribution is 2.20. The number of likely N-dealkylation sites (tertiary alicyclic amines) is 1. The van der Waals surface area contributed by atoms with Crippen molar-refractivity contribution in [2.24, 2.45) is 5.92 Å². The Bertz CT molecular complexity index is 147. The molecule has 10 heavy (non-hydrogen) atoms. The molecule has 3 heteroatoms. The van der Waals surface area contributed by atoms with E-state index in [-0.39, 0.29) is 6.04 Å². The molecule has 1 aliphatic rings. The molecule has 0 radical (unpaired) electrons. The molecule has 0 saturated carbocycles. The van der Waals surface area contributed by atoms with Crippen molar-refractivity contribution < 1.29 is 9.90 Å². The Morgan fingerprint density at radius 2 is 2.30 bits per heavy atom. The second-order valence-electron chi connectivity index (χ2n) is 3.13. The van der Waals surface area contributed by atoms with Gasteiger partial charge < -0.3 is 5.11 Å². The van der Waals surface area contributed by atoms with E-state index < -0.39 is 5.97 Å². The third kappa shape index (κ3) is 1.29. The Balaban J connectivity index is 2.54. The van der Waals surface area contributed by atoms with Gasteiger partial charge in [0.25, 0.3) is 0 Å². The molecule has 0 aromatic heterocycles. The molecular weight excluding hydrogens is 130 g/mol. The van der Waals surface area contributed by atoms with Crippen LogP contribution in [0.1, 0.15) is 13.3 Å². The van der Waals surface area contributed by atoms with Crippen molar-refractivity contribution in [2.75, 3.05) is 13.6 Å². The molecule has 1 saturated heterocycles. The fraction of sp³-hybridized carbons (Fsp3) is 0.857. The van der Waals surface area contributed by atoms with Crippen molar-refractivity contribution in [3.63, 3.8) is 0 Å². The minimum atomic E-state index is -0.688. The fourth-order valence-electron chi connectivity index (χ4n) is 1.54. The van der Waals surface area contributed by atoms with Crippen LogP contribution < -0.4 is 0 Å². The highest BCUT2D eigenvalue weighted by Gasteiger charge is 2.31.